The predicted octanol–water partition coefficient (Wildman–Crippen LogP) is 3.76. The molecule has 1 aromatic rings. The molecule has 0 heterocycles. The molecule has 0 radical (unpaired) electrons. The van der Waals surface area contributed by atoms with Crippen molar-refractivity contribution in [3.8, 4) is 0 Å². The lowest BCUT2D eigenvalue weighted by Crippen LogP contribution is -2.39. The zero-order chi connectivity index (χ0) is 11.9. The first-order valence-corrected chi connectivity index (χ1v) is 4.66. The highest BCUT2D eigenvalue weighted by atomic mass is 35.5. The number of rotatable bonds is 1. The normalized spacial score (nSPS) is 16.2. The Morgan fingerprint density at radius 3 is 2.20 bits per heavy atom. The molecule has 6 heteroatoms. The molecule has 84 valence electrons. The summed E-state index contributed by atoms with van der Waals surface area (Å²) in [5, 5.41) is 9.26. The minimum atomic E-state index is -4.80. The summed E-state index contributed by atoms with van der Waals surface area (Å²) >= 11 is 11.1. The third kappa shape index (κ3) is 2.38. The van der Waals surface area contributed by atoms with Gasteiger partial charge in [0.15, 0.2) is 5.60 Å². The van der Waals surface area contributed by atoms with Gasteiger partial charge in [0.2, 0.25) is 0 Å². The highest BCUT2D eigenvalue weighted by Gasteiger charge is 2.52. The summed E-state index contributed by atoms with van der Waals surface area (Å²) in [4.78, 5) is 0. The number of aliphatic hydroxyl groups is 1. The van der Waals surface area contributed by atoms with Gasteiger partial charge in [0.05, 0.1) is 0 Å². The Morgan fingerprint density at radius 1 is 1.20 bits per heavy atom. The Morgan fingerprint density at radius 2 is 1.73 bits per heavy atom. The van der Waals surface area contributed by atoms with Crippen LogP contribution in [0.2, 0.25) is 10.0 Å². The monoisotopic (exact) mass is 258 g/mol. The summed E-state index contributed by atoms with van der Waals surface area (Å²) in [5.74, 6) is 0. The molecule has 1 N–H and O–H groups in total. The number of benzene rings is 1. The fourth-order valence-corrected chi connectivity index (χ4v) is 1.50. The molecule has 0 aliphatic rings. The van der Waals surface area contributed by atoms with Crippen LogP contribution in [0, 0.1) is 0 Å². The molecular weight excluding hydrogens is 252 g/mol. The first-order chi connectivity index (χ1) is 6.66. The van der Waals surface area contributed by atoms with Gasteiger partial charge in [0.25, 0.3) is 0 Å². The molecular formula is C9H7Cl2F3O. The van der Waals surface area contributed by atoms with Gasteiger partial charge in [-0.15, -0.1) is 0 Å². The largest absolute Gasteiger partial charge is 0.421 e. The minimum Gasteiger partial charge on any atom is -0.376 e. The van der Waals surface area contributed by atoms with Crippen LogP contribution in [-0.2, 0) is 5.60 Å². The molecule has 0 amide bonds. The molecule has 1 rings (SSSR count). The molecule has 0 spiro atoms. The Bertz CT molecular complexity index is 374. The van der Waals surface area contributed by atoms with Gasteiger partial charge >= 0.3 is 6.18 Å². The van der Waals surface area contributed by atoms with E-state index in [2.05, 4.69) is 0 Å². The lowest BCUT2D eigenvalue weighted by atomic mass is 9.95. The van der Waals surface area contributed by atoms with Gasteiger partial charge in [-0.05, 0) is 25.1 Å². The van der Waals surface area contributed by atoms with Crippen molar-refractivity contribution in [2.45, 2.75) is 18.7 Å². The van der Waals surface area contributed by atoms with Crippen LogP contribution in [0.3, 0.4) is 0 Å². The molecule has 0 aromatic heterocycles. The average molecular weight is 259 g/mol. The van der Waals surface area contributed by atoms with Crippen LogP contribution in [0.25, 0.3) is 0 Å². The van der Waals surface area contributed by atoms with Crippen molar-refractivity contribution in [2.75, 3.05) is 0 Å². The standard InChI is InChI=1S/C9H7Cl2F3O/c1-8(15,9(12,13)14)6-4-5(10)2-3-7(6)11/h2-4,15H,1H3. The summed E-state index contributed by atoms with van der Waals surface area (Å²) in [6.07, 6.45) is -4.80. The van der Waals surface area contributed by atoms with E-state index in [1.807, 2.05) is 0 Å². The van der Waals surface area contributed by atoms with Crippen molar-refractivity contribution in [2.24, 2.45) is 0 Å². The molecule has 1 unspecified atom stereocenters. The molecule has 1 nitrogen and oxygen atoms in total. The van der Waals surface area contributed by atoms with Crippen LogP contribution < -0.4 is 0 Å². The predicted molar refractivity (Wildman–Crippen MR) is 52.1 cm³/mol. The zero-order valence-electron chi connectivity index (χ0n) is 7.57. The van der Waals surface area contributed by atoms with Crippen LogP contribution in [0.5, 0.6) is 0 Å². The Balaban J connectivity index is 3.32. The van der Waals surface area contributed by atoms with E-state index >= 15 is 0 Å². The van der Waals surface area contributed by atoms with Crippen molar-refractivity contribution >= 4 is 23.2 Å². The quantitative estimate of drug-likeness (QED) is 0.813. The van der Waals surface area contributed by atoms with Gasteiger partial charge < -0.3 is 5.11 Å². The third-order valence-corrected chi connectivity index (χ3v) is 2.57. The molecule has 0 aliphatic heterocycles. The van der Waals surface area contributed by atoms with Crippen molar-refractivity contribution in [1.29, 1.82) is 0 Å². The second-order valence-electron chi connectivity index (χ2n) is 3.19. The van der Waals surface area contributed by atoms with E-state index in [1.54, 1.807) is 0 Å². The van der Waals surface area contributed by atoms with E-state index in [0.29, 0.717) is 6.92 Å². The van der Waals surface area contributed by atoms with Crippen molar-refractivity contribution < 1.29 is 18.3 Å². The van der Waals surface area contributed by atoms with Crippen LogP contribution in [-0.4, -0.2) is 11.3 Å². The second kappa shape index (κ2) is 3.85. The van der Waals surface area contributed by atoms with E-state index in [-0.39, 0.29) is 10.0 Å². The summed E-state index contributed by atoms with van der Waals surface area (Å²) < 4.78 is 37.4. The topological polar surface area (TPSA) is 20.2 Å². The second-order valence-corrected chi connectivity index (χ2v) is 4.04. The minimum absolute atomic E-state index is 0.0823. The molecule has 0 saturated heterocycles. The summed E-state index contributed by atoms with van der Waals surface area (Å²) in [6.45, 7) is 0.630. The van der Waals surface area contributed by atoms with Crippen molar-refractivity contribution in [3.63, 3.8) is 0 Å². The maximum absolute atomic E-state index is 12.5. The SMILES string of the molecule is CC(O)(c1cc(Cl)ccc1Cl)C(F)(F)F. The first kappa shape index (κ1) is 12.6. The molecule has 0 aliphatic carbocycles. The van der Waals surface area contributed by atoms with E-state index in [1.165, 1.54) is 12.1 Å². The summed E-state index contributed by atoms with van der Waals surface area (Å²) in [5.41, 5.74) is -3.46. The number of hydrogen-bond donors (Lipinski definition) is 1. The number of halogens is 5. The molecule has 1 atom stereocenters. The zero-order valence-corrected chi connectivity index (χ0v) is 9.08. The fourth-order valence-electron chi connectivity index (χ4n) is 1.02. The molecule has 1 aromatic carbocycles. The smallest absolute Gasteiger partial charge is 0.376 e. The fraction of sp³-hybridized carbons (Fsp3) is 0.333. The lowest BCUT2D eigenvalue weighted by Gasteiger charge is -2.27. The van der Waals surface area contributed by atoms with E-state index in [9.17, 15) is 18.3 Å². The van der Waals surface area contributed by atoms with E-state index in [4.69, 9.17) is 23.2 Å². The van der Waals surface area contributed by atoms with Crippen LogP contribution in [0.15, 0.2) is 18.2 Å². The molecule has 15 heavy (non-hydrogen) atoms. The number of alkyl halides is 3. The maximum Gasteiger partial charge on any atom is 0.421 e. The Hall–Kier alpha value is -0.450. The maximum atomic E-state index is 12.5. The third-order valence-electron chi connectivity index (χ3n) is 2.00. The molecule has 0 saturated carbocycles. The van der Waals surface area contributed by atoms with Crippen LogP contribution in [0.4, 0.5) is 13.2 Å². The van der Waals surface area contributed by atoms with Crippen LogP contribution in [0.1, 0.15) is 12.5 Å². The number of hydrogen-bond acceptors (Lipinski definition) is 1. The highest BCUT2D eigenvalue weighted by molar-refractivity contribution is 6.33. The van der Waals surface area contributed by atoms with Gasteiger partial charge in [-0.3, -0.25) is 0 Å². The van der Waals surface area contributed by atoms with E-state index < -0.39 is 17.3 Å². The average Bonchev–Trinajstić information content (AvgIpc) is 2.07. The Kier molecular flexibility index (Phi) is 3.24. The lowest BCUT2D eigenvalue weighted by molar-refractivity contribution is -0.258. The van der Waals surface area contributed by atoms with Crippen LogP contribution >= 0.6 is 23.2 Å². The highest BCUT2D eigenvalue weighted by Crippen LogP contribution is 2.41. The Labute approximate surface area is 94.4 Å². The first-order valence-electron chi connectivity index (χ1n) is 3.91. The van der Waals surface area contributed by atoms with Crippen molar-refractivity contribution in [3.05, 3.63) is 33.8 Å². The van der Waals surface area contributed by atoms with Gasteiger partial charge in [0, 0.05) is 15.6 Å². The van der Waals surface area contributed by atoms with Gasteiger partial charge in [0.1, 0.15) is 0 Å². The molecule has 0 bridgehead atoms. The van der Waals surface area contributed by atoms with E-state index in [0.717, 1.165) is 6.07 Å². The summed E-state index contributed by atoms with van der Waals surface area (Å²) in [7, 11) is 0. The van der Waals surface area contributed by atoms with Gasteiger partial charge in [-0.1, -0.05) is 23.2 Å². The molecule has 0 fully saturated rings. The van der Waals surface area contributed by atoms with Crippen molar-refractivity contribution in [1.82, 2.24) is 0 Å². The van der Waals surface area contributed by atoms with Gasteiger partial charge in [-0.2, -0.15) is 13.2 Å². The summed E-state index contributed by atoms with van der Waals surface area (Å²) in [6, 6.07) is 3.55. The van der Waals surface area contributed by atoms with Gasteiger partial charge in [-0.25, -0.2) is 0 Å².